The lowest BCUT2D eigenvalue weighted by molar-refractivity contribution is -0.129. The van der Waals surface area contributed by atoms with Crippen LogP contribution in [0.5, 0.6) is 5.75 Å². The number of hydrogen-bond acceptors (Lipinski definition) is 7. The van der Waals surface area contributed by atoms with Gasteiger partial charge in [-0.2, -0.15) is 0 Å². The molecule has 4 rings (SSSR count). The van der Waals surface area contributed by atoms with E-state index in [0.717, 1.165) is 11.0 Å². The lowest BCUT2D eigenvalue weighted by atomic mass is 9.82. The molecule has 30 heavy (non-hydrogen) atoms. The number of likely N-dealkylation sites (N-methyl/N-ethyl adjacent to an activating group) is 1. The average molecular weight is 410 g/mol. The van der Waals surface area contributed by atoms with E-state index >= 15 is 0 Å². The number of rotatable bonds is 4. The number of guanidine groups is 1. The summed E-state index contributed by atoms with van der Waals surface area (Å²) < 4.78 is 26.6. The Labute approximate surface area is 169 Å². The lowest BCUT2D eigenvalue weighted by Gasteiger charge is -2.27. The van der Waals surface area contributed by atoms with Crippen molar-refractivity contribution in [1.29, 1.82) is 0 Å². The smallest absolute Gasteiger partial charge is 0.280 e. The number of phenols is 1. The van der Waals surface area contributed by atoms with Gasteiger partial charge in [-0.1, -0.05) is 6.07 Å². The molecule has 152 valence electrons. The number of amides is 1. The molecule has 1 aliphatic heterocycles. The van der Waals surface area contributed by atoms with E-state index in [4.69, 9.17) is 5.73 Å². The summed E-state index contributed by atoms with van der Waals surface area (Å²) in [5, 5.41) is 10.3. The van der Waals surface area contributed by atoms with E-state index in [0.29, 0.717) is 16.8 Å². The number of halogens is 2. The number of carbonyl (C=O) groups is 1. The number of pyridine rings is 1. The summed E-state index contributed by atoms with van der Waals surface area (Å²) in [4.78, 5) is 30.6. The van der Waals surface area contributed by atoms with Crippen molar-refractivity contribution >= 4 is 11.9 Å². The number of alkyl halides is 2. The van der Waals surface area contributed by atoms with Crippen molar-refractivity contribution in [3.8, 4) is 17.0 Å². The third-order valence-corrected chi connectivity index (χ3v) is 4.92. The molecule has 1 aromatic carbocycles. The standard InChI is InChI=1S/C20H16F2N6O2/c1-28-18(30)20(27-19(28)23,12-4-5-25-14(9-12)17(21)22)11-2-3-16(29)13(8-11)15-10-24-6-7-26-15/h2-10,17,29H,1H3,(H2,23,27). The molecule has 8 nitrogen and oxygen atoms in total. The highest BCUT2D eigenvalue weighted by Gasteiger charge is 2.50. The van der Waals surface area contributed by atoms with Crippen LogP contribution < -0.4 is 5.73 Å². The van der Waals surface area contributed by atoms with Crippen molar-refractivity contribution < 1.29 is 18.7 Å². The first-order valence-corrected chi connectivity index (χ1v) is 8.82. The second-order valence-electron chi connectivity index (χ2n) is 6.64. The molecule has 3 aromatic rings. The highest BCUT2D eigenvalue weighted by atomic mass is 19.3. The topological polar surface area (TPSA) is 118 Å². The van der Waals surface area contributed by atoms with Gasteiger partial charge in [0, 0.05) is 31.2 Å². The number of nitrogens with zero attached hydrogens (tertiary/aromatic N) is 5. The fourth-order valence-electron chi connectivity index (χ4n) is 3.38. The van der Waals surface area contributed by atoms with Crippen molar-refractivity contribution in [2.24, 2.45) is 10.7 Å². The van der Waals surface area contributed by atoms with Crippen molar-refractivity contribution in [1.82, 2.24) is 19.9 Å². The Kier molecular flexibility index (Phi) is 4.61. The molecule has 0 aliphatic carbocycles. The lowest BCUT2D eigenvalue weighted by Crippen LogP contribution is -2.41. The highest BCUT2D eigenvalue weighted by Crippen LogP contribution is 2.42. The minimum atomic E-state index is -2.83. The zero-order chi connectivity index (χ0) is 21.5. The number of phenolic OH excluding ortho intramolecular Hbond substituents is 1. The van der Waals surface area contributed by atoms with Crippen LogP contribution in [0.2, 0.25) is 0 Å². The summed E-state index contributed by atoms with van der Waals surface area (Å²) in [5.41, 5.74) is 4.89. The van der Waals surface area contributed by atoms with Gasteiger partial charge in [-0.3, -0.25) is 24.6 Å². The number of aromatic hydroxyl groups is 1. The van der Waals surface area contributed by atoms with Gasteiger partial charge in [0.1, 0.15) is 11.4 Å². The van der Waals surface area contributed by atoms with E-state index in [1.165, 1.54) is 56.1 Å². The zero-order valence-electron chi connectivity index (χ0n) is 15.7. The second-order valence-corrected chi connectivity index (χ2v) is 6.64. The molecule has 1 aliphatic rings. The van der Waals surface area contributed by atoms with Crippen LogP contribution in [0.4, 0.5) is 8.78 Å². The largest absolute Gasteiger partial charge is 0.507 e. The molecule has 0 spiro atoms. The van der Waals surface area contributed by atoms with Crippen LogP contribution in [0.15, 0.2) is 60.1 Å². The number of aromatic nitrogens is 3. The van der Waals surface area contributed by atoms with Crippen LogP contribution in [0.1, 0.15) is 23.2 Å². The number of benzene rings is 1. The Morgan fingerprint density at radius 2 is 1.87 bits per heavy atom. The van der Waals surface area contributed by atoms with Crippen LogP contribution in [-0.4, -0.2) is 43.9 Å². The van der Waals surface area contributed by atoms with E-state index in [1.807, 2.05) is 0 Å². The molecule has 0 saturated carbocycles. The summed E-state index contributed by atoms with van der Waals surface area (Å²) in [6.07, 6.45) is 2.76. The minimum absolute atomic E-state index is 0.0652. The van der Waals surface area contributed by atoms with Gasteiger partial charge in [-0.15, -0.1) is 0 Å². The quantitative estimate of drug-likeness (QED) is 0.681. The molecule has 1 atom stereocenters. The van der Waals surface area contributed by atoms with Crippen LogP contribution in [0.3, 0.4) is 0 Å². The maximum absolute atomic E-state index is 13.3. The van der Waals surface area contributed by atoms with Gasteiger partial charge in [0.25, 0.3) is 12.3 Å². The normalized spacial score (nSPS) is 18.7. The second kappa shape index (κ2) is 7.14. The first-order chi connectivity index (χ1) is 14.3. The molecule has 2 aromatic heterocycles. The average Bonchev–Trinajstić information content (AvgIpc) is 2.99. The van der Waals surface area contributed by atoms with E-state index < -0.39 is 23.6 Å². The third-order valence-electron chi connectivity index (χ3n) is 4.92. The molecular weight excluding hydrogens is 394 g/mol. The Morgan fingerprint density at radius 3 is 2.50 bits per heavy atom. The van der Waals surface area contributed by atoms with Gasteiger partial charge in [0.05, 0.1) is 11.9 Å². The van der Waals surface area contributed by atoms with Gasteiger partial charge in [-0.25, -0.2) is 13.8 Å². The Balaban J connectivity index is 1.98. The molecule has 0 radical (unpaired) electrons. The number of hydrogen-bond donors (Lipinski definition) is 2. The number of aliphatic imine (C=N–C) groups is 1. The summed E-state index contributed by atoms with van der Waals surface area (Å²) in [6.45, 7) is 0. The predicted octanol–water partition coefficient (Wildman–Crippen LogP) is 2.21. The van der Waals surface area contributed by atoms with Gasteiger partial charge < -0.3 is 10.8 Å². The predicted molar refractivity (Wildman–Crippen MR) is 103 cm³/mol. The molecule has 0 fully saturated rings. The fourth-order valence-corrected chi connectivity index (χ4v) is 3.38. The highest BCUT2D eigenvalue weighted by molar-refractivity contribution is 6.09. The molecule has 0 bridgehead atoms. The van der Waals surface area contributed by atoms with E-state index in [9.17, 15) is 18.7 Å². The van der Waals surface area contributed by atoms with Crippen molar-refractivity contribution in [2.75, 3.05) is 7.05 Å². The molecule has 1 unspecified atom stereocenters. The number of nitrogens with two attached hydrogens (primary N) is 1. The summed E-state index contributed by atoms with van der Waals surface area (Å²) >= 11 is 0. The van der Waals surface area contributed by atoms with Crippen LogP contribution in [0, 0.1) is 0 Å². The van der Waals surface area contributed by atoms with Crippen molar-refractivity contribution in [2.45, 2.75) is 12.0 Å². The van der Waals surface area contributed by atoms with Crippen LogP contribution in [-0.2, 0) is 10.3 Å². The third kappa shape index (κ3) is 2.93. The Bertz CT molecular complexity index is 1160. The monoisotopic (exact) mass is 410 g/mol. The maximum Gasteiger partial charge on any atom is 0.280 e. The molecule has 3 heterocycles. The Morgan fingerprint density at radius 1 is 1.10 bits per heavy atom. The maximum atomic E-state index is 13.3. The molecule has 0 saturated heterocycles. The van der Waals surface area contributed by atoms with Gasteiger partial charge in [-0.05, 0) is 35.4 Å². The van der Waals surface area contributed by atoms with Gasteiger partial charge in [0.2, 0.25) is 0 Å². The Hall–Kier alpha value is -3.95. The first kappa shape index (κ1) is 19.4. The zero-order valence-corrected chi connectivity index (χ0v) is 15.7. The molecule has 1 amide bonds. The van der Waals surface area contributed by atoms with Gasteiger partial charge in [0.15, 0.2) is 11.5 Å². The van der Waals surface area contributed by atoms with E-state index in [1.54, 1.807) is 0 Å². The summed E-state index contributed by atoms with van der Waals surface area (Å²) in [6, 6.07) is 6.97. The fraction of sp³-hybridized carbons (Fsp3) is 0.150. The molecule has 3 N–H and O–H groups in total. The first-order valence-electron chi connectivity index (χ1n) is 8.82. The summed E-state index contributed by atoms with van der Waals surface area (Å²) in [5.74, 6) is -0.681. The number of carbonyl (C=O) groups excluding carboxylic acids is 1. The molecule has 10 heteroatoms. The van der Waals surface area contributed by atoms with E-state index in [-0.39, 0.29) is 17.3 Å². The summed E-state index contributed by atoms with van der Waals surface area (Å²) in [7, 11) is 1.45. The van der Waals surface area contributed by atoms with Gasteiger partial charge >= 0.3 is 0 Å². The molecular formula is C20H16F2N6O2. The van der Waals surface area contributed by atoms with Crippen molar-refractivity contribution in [3.05, 3.63) is 71.9 Å². The van der Waals surface area contributed by atoms with Crippen LogP contribution >= 0.6 is 0 Å². The van der Waals surface area contributed by atoms with Crippen LogP contribution in [0.25, 0.3) is 11.3 Å². The minimum Gasteiger partial charge on any atom is -0.507 e. The van der Waals surface area contributed by atoms with Crippen molar-refractivity contribution in [3.63, 3.8) is 0 Å². The van der Waals surface area contributed by atoms with E-state index in [2.05, 4.69) is 19.9 Å². The SMILES string of the molecule is CN1C(=O)C(c2ccnc(C(F)F)c2)(c2ccc(O)c(-c3cnccn3)c2)N=C1N.